The number of benzene rings is 2. The minimum atomic E-state index is 0.485. The first-order valence-corrected chi connectivity index (χ1v) is 7.13. The molecule has 4 nitrogen and oxygen atoms in total. The smallest absolute Gasteiger partial charge is 0.246 e. The quantitative estimate of drug-likeness (QED) is 0.747. The van der Waals surface area contributed by atoms with Crippen molar-refractivity contribution in [3.05, 3.63) is 70.0 Å². The number of aromatic nitrogens is 3. The molecule has 1 heterocycles. The van der Waals surface area contributed by atoms with Gasteiger partial charge in [0.2, 0.25) is 5.95 Å². The van der Waals surface area contributed by atoms with Crippen LogP contribution in [0.25, 0.3) is 0 Å². The number of hydrogen-bond acceptors (Lipinski definition) is 3. The Labute approximate surface area is 132 Å². The van der Waals surface area contributed by atoms with E-state index in [1.165, 1.54) is 5.56 Å². The Hall–Kier alpha value is -2.04. The van der Waals surface area contributed by atoms with Crippen molar-refractivity contribution < 1.29 is 0 Å². The predicted octanol–water partition coefficient (Wildman–Crippen LogP) is 4.45. The fourth-order valence-electron chi connectivity index (χ4n) is 1.97. The van der Waals surface area contributed by atoms with Crippen LogP contribution >= 0.6 is 23.2 Å². The molecule has 0 radical (unpaired) electrons. The van der Waals surface area contributed by atoms with E-state index in [1.54, 1.807) is 18.2 Å². The van der Waals surface area contributed by atoms with Crippen LogP contribution in [0.3, 0.4) is 0 Å². The van der Waals surface area contributed by atoms with E-state index in [-0.39, 0.29) is 0 Å². The topological polar surface area (TPSA) is 53.6 Å². The molecule has 1 aromatic heterocycles. The molecule has 3 aromatic rings. The molecule has 0 saturated carbocycles. The van der Waals surface area contributed by atoms with Crippen molar-refractivity contribution in [1.29, 1.82) is 0 Å². The first kappa shape index (κ1) is 13.9. The molecule has 2 N–H and O–H groups in total. The maximum atomic E-state index is 5.96. The standard InChI is InChI=1S/C15H12Cl2N4/c16-11-7-12(17)9-13(8-11)18-15-19-14(20-21-15)6-10-4-2-1-3-5-10/h1-5,7-9H,6H2,(H2,18,19,20,21). The van der Waals surface area contributed by atoms with Gasteiger partial charge in [0, 0.05) is 22.2 Å². The van der Waals surface area contributed by atoms with Crippen LogP contribution in [-0.4, -0.2) is 15.2 Å². The van der Waals surface area contributed by atoms with Crippen LogP contribution in [0.15, 0.2) is 48.5 Å². The van der Waals surface area contributed by atoms with Crippen LogP contribution in [0.4, 0.5) is 11.6 Å². The third-order valence-electron chi connectivity index (χ3n) is 2.86. The molecule has 0 spiro atoms. The van der Waals surface area contributed by atoms with E-state index in [1.807, 2.05) is 30.3 Å². The summed E-state index contributed by atoms with van der Waals surface area (Å²) in [4.78, 5) is 4.40. The lowest BCUT2D eigenvalue weighted by Gasteiger charge is -2.02. The molecular formula is C15H12Cl2N4. The third kappa shape index (κ3) is 3.74. The number of hydrogen-bond donors (Lipinski definition) is 2. The Morgan fingerprint density at radius 3 is 2.43 bits per heavy atom. The number of aromatic amines is 1. The normalized spacial score (nSPS) is 10.6. The molecule has 0 bridgehead atoms. The van der Waals surface area contributed by atoms with Crippen LogP contribution in [0.5, 0.6) is 0 Å². The first-order valence-electron chi connectivity index (χ1n) is 6.37. The second kappa shape index (κ2) is 6.16. The van der Waals surface area contributed by atoms with Crippen molar-refractivity contribution in [3.8, 4) is 0 Å². The van der Waals surface area contributed by atoms with Gasteiger partial charge in [-0.05, 0) is 23.8 Å². The highest BCUT2D eigenvalue weighted by Gasteiger charge is 2.05. The molecule has 0 unspecified atom stereocenters. The van der Waals surface area contributed by atoms with Gasteiger partial charge in [0.05, 0.1) is 0 Å². The van der Waals surface area contributed by atoms with E-state index in [9.17, 15) is 0 Å². The maximum absolute atomic E-state index is 5.96. The summed E-state index contributed by atoms with van der Waals surface area (Å²) in [6.45, 7) is 0. The Morgan fingerprint density at radius 1 is 1.00 bits per heavy atom. The summed E-state index contributed by atoms with van der Waals surface area (Å²) < 4.78 is 0. The lowest BCUT2D eigenvalue weighted by molar-refractivity contribution is 0.973. The molecule has 3 rings (SSSR count). The summed E-state index contributed by atoms with van der Waals surface area (Å²) >= 11 is 11.9. The summed E-state index contributed by atoms with van der Waals surface area (Å²) in [6, 6.07) is 15.3. The van der Waals surface area contributed by atoms with Gasteiger partial charge in [0.15, 0.2) is 0 Å². The largest absolute Gasteiger partial charge is 0.323 e. The first-order chi connectivity index (χ1) is 10.2. The molecule has 0 aliphatic rings. The van der Waals surface area contributed by atoms with Gasteiger partial charge in [-0.25, -0.2) is 0 Å². The van der Waals surface area contributed by atoms with Gasteiger partial charge in [0.1, 0.15) is 5.82 Å². The lowest BCUT2D eigenvalue weighted by atomic mass is 10.1. The second-order valence-corrected chi connectivity index (χ2v) is 5.42. The summed E-state index contributed by atoms with van der Waals surface area (Å²) in [7, 11) is 0. The maximum Gasteiger partial charge on any atom is 0.246 e. The van der Waals surface area contributed by atoms with Gasteiger partial charge in [-0.3, -0.25) is 5.10 Å². The lowest BCUT2D eigenvalue weighted by Crippen LogP contribution is -1.93. The number of halogens is 2. The molecule has 21 heavy (non-hydrogen) atoms. The number of nitrogens with one attached hydrogen (secondary N) is 2. The average molecular weight is 319 g/mol. The molecule has 2 aromatic carbocycles. The number of nitrogens with zero attached hydrogens (tertiary/aromatic N) is 2. The van der Waals surface area contributed by atoms with Crippen molar-refractivity contribution >= 4 is 34.8 Å². The molecule has 0 aliphatic heterocycles. The summed E-state index contributed by atoms with van der Waals surface area (Å²) in [5, 5.41) is 11.2. The number of anilines is 2. The zero-order valence-electron chi connectivity index (χ0n) is 11.0. The van der Waals surface area contributed by atoms with Crippen molar-refractivity contribution in [2.24, 2.45) is 0 Å². The van der Waals surface area contributed by atoms with Gasteiger partial charge >= 0.3 is 0 Å². The van der Waals surface area contributed by atoms with Crippen LogP contribution in [0.2, 0.25) is 10.0 Å². The van der Waals surface area contributed by atoms with E-state index in [2.05, 4.69) is 20.5 Å². The molecular weight excluding hydrogens is 307 g/mol. The van der Waals surface area contributed by atoms with Crippen LogP contribution in [0, 0.1) is 0 Å². The zero-order chi connectivity index (χ0) is 14.7. The van der Waals surface area contributed by atoms with Crippen LogP contribution < -0.4 is 5.32 Å². The van der Waals surface area contributed by atoms with Crippen molar-refractivity contribution in [3.63, 3.8) is 0 Å². The van der Waals surface area contributed by atoms with E-state index in [0.717, 1.165) is 11.5 Å². The molecule has 0 atom stereocenters. The van der Waals surface area contributed by atoms with Crippen molar-refractivity contribution in [2.75, 3.05) is 5.32 Å². The SMILES string of the molecule is Clc1cc(Cl)cc(Nc2n[nH]c(Cc3ccccc3)n2)c1. The van der Waals surface area contributed by atoms with Gasteiger partial charge in [-0.15, -0.1) is 5.10 Å². The van der Waals surface area contributed by atoms with Gasteiger partial charge < -0.3 is 5.32 Å². The molecule has 0 amide bonds. The second-order valence-electron chi connectivity index (χ2n) is 4.55. The minimum Gasteiger partial charge on any atom is -0.323 e. The van der Waals surface area contributed by atoms with E-state index in [0.29, 0.717) is 22.4 Å². The zero-order valence-corrected chi connectivity index (χ0v) is 12.5. The fourth-order valence-corrected chi connectivity index (χ4v) is 2.50. The van der Waals surface area contributed by atoms with E-state index in [4.69, 9.17) is 23.2 Å². The molecule has 6 heteroatoms. The minimum absolute atomic E-state index is 0.485. The summed E-state index contributed by atoms with van der Waals surface area (Å²) in [5.41, 5.74) is 1.92. The summed E-state index contributed by atoms with van der Waals surface area (Å²) in [5.74, 6) is 1.27. The van der Waals surface area contributed by atoms with Gasteiger partial charge in [0.25, 0.3) is 0 Å². The van der Waals surface area contributed by atoms with Crippen molar-refractivity contribution in [1.82, 2.24) is 15.2 Å². The predicted molar refractivity (Wildman–Crippen MR) is 85.4 cm³/mol. The Bertz CT molecular complexity index is 720. The Morgan fingerprint density at radius 2 is 1.71 bits per heavy atom. The molecule has 0 saturated heterocycles. The van der Waals surface area contributed by atoms with E-state index < -0.39 is 0 Å². The third-order valence-corrected chi connectivity index (χ3v) is 3.30. The fraction of sp³-hybridized carbons (Fsp3) is 0.0667. The molecule has 0 aliphatic carbocycles. The average Bonchev–Trinajstić information content (AvgIpc) is 2.86. The molecule has 0 fully saturated rings. The highest BCUT2D eigenvalue weighted by atomic mass is 35.5. The van der Waals surface area contributed by atoms with Gasteiger partial charge in [-0.1, -0.05) is 53.5 Å². The van der Waals surface area contributed by atoms with E-state index >= 15 is 0 Å². The van der Waals surface area contributed by atoms with Gasteiger partial charge in [-0.2, -0.15) is 4.98 Å². The Kier molecular flexibility index (Phi) is 4.08. The van der Waals surface area contributed by atoms with Crippen LogP contribution in [-0.2, 0) is 6.42 Å². The Balaban J connectivity index is 1.73. The number of H-pyrrole nitrogens is 1. The highest BCUT2D eigenvalue weighted by molar-refractivity contribution is 6.35. The molecule has 106 valence electrons. The van der Waals surface area contributed by atoms with Crippen LogP contribution in [0.1, 0.15) is 11.4 Å². The number of rotatable bonds is 4. The monoisotopic (exact) mass is 318 g/mol. The highest BCUT2D eigenvalue weighted by Crippen LogP contribution is 2.24. The van der Waals surface area contributed by atoms with Crippen molar-refractivity contribution in [2.45, 2.75) is 6.42 Å². The summed E-state index contributed by atoms with van der Waals surface area (Å²) in [6.07, 6.45) is 0.700.